The van der Waals surface area contributed by atoms with Gasteiger partial charge in [-0.25, -0.2) is 15.0 Å². The Bertz CT molecular complexity index is 1870. The molecule has 0 aliphatic carbocycles. The molecule has 1 N–H and O–H groups in total. The van der Waals surface area contributed by atoms with E-state index in [1.165, 1.54) is 37.9 Å². The van der Waals surface area contributed by atoms with E-state index in [9.17, 15) is 4.79 Å². The van der Waals surface area contributed by atoms with Crippen molar-refractivity contribution in [1.82, 2.24) is 34.0 Å². The molecule has 4 heterocycles. The van der Waals surface area contributed by atoms with E-state index >= 15 is 0 Å². The van der Waals surface area contributed by atoms with E-state index in [1.54, 1.807) is 6.20 Å². The first kappa shape index (κ1) is 26.3. The molecule has 1 fully saturated rings. The quantitative estimate of drug-likeness (QED) is 0.248. The van der Waals surface area contributed by atoms with Crippen LogP contribution in [0.3, 0.4) is 0 Å². The van der Waals surface area contributed by atoms with Crippen molar-refractivity contribution in [3.05, 3.63) is 113 Å². The van der Waals surface area contributed by atoms with Gasteiger partial charge in [-0.2, -0.15) is 0 Å². The summed E-state index contributed by atoms with van der Waals surface area (Å²) in [5.41, 5.74) is 7.11. The minimum absolute atomic E-state index is 0.154. The molecule has 1 aliphatic heterocycles. The van der Waals surface area contributed by atoms with E-state index in [2.05, 4.69) is 54.3 Å². The van der Waals surface area contributed by atoms with E-state index in [0.29, 0.717) is 17.6 Å². The third kappa shape index (κ3) is 5.63. The lowest BCUT2D eigenvalue weighted by molar-refractivity contribution is 0.223. The maximum Gasteiger partial charge on any atom is 0.270 e. The van der Waals surface area contributed by atoms with Crippen LogP contribution in [0.2, 0.25) is 0 Å². The normalized spacial score (nSPS) is 14.2. The fraction of sp³-hybridized carbons (Fsp3) is 0.294. The number of aromatic nitrogens is 6. The van der Waals surface area contributed by atoms with Gasteiger partial charge in [0.2, 0.25) is 0 Å². The molecule has 0 atom stereocenters. The van der Waals surface area contributed by atoms with E-state index in [0.717, 1.165) is 59.6 Å². The molecule has 8 heteroatoms. The Labute approximate surface area is 244 Å². The Kier molecular flexibility index (Phi) is 7.36. The van der Waals surface area contributed by atoms with E-state index < -0.39 is 0 Å². The highest BCUT2D eigenvalue weighted by Crippen LogP contribution is 2.29. The minimum Gasteiger partial charge on any atom is -0.333 e. The van der Waals surface area contributed by atoms with Gasteiger partial charge >= 0.3 is 0 Å². The summed E-state index contributed by atoms with van der Waals surface area (Å²) < 4.78 is 4.42. The zero-order valence-corrected chi connectivity index (χ0v) is 23.7. The van der Waals surface area contributed by atoms with E-state index in [1.807, 2.05) is 48.9 Å². The SMILES string of the molecule is O=c1[nH]c2cc3nc(-c4cccc(Cn5ccnc5)c4)n(CCCN4CCCCC4)c3cc2nc1Cc1ccccc1. The molecule has 6 aromatic rings. The fourth-order valence-corrected chi connectivity index (χ4v) is 6.13. The van der Waals surface area contributed by atoms with Crippen LogP contribution in [0.1, 0.15) is 42.5 Å². The van der Waals surface area contributed by atoms with Gasteiger partial charge in [0.05, 0.1) is 28.4 Å². The van der Waals surface area contributed by atoms with Gasteiger partial charge in [0.1, 0.15) is 11.5 Å². The highest BCUT2D eigenvalue weighted by atomic mass is 16.1. The zero-order valence-electron chi connectivity index (χ0n) is 23.7. The molecule has 0 saturated carbocycles. The van der Waals surface area contributed by atoms with Crippen LogP contribution in [-0.2, 0) is 19.5 Å². The number of nitrogens with zero attached hydrogens (tertiary/aromatic N) is 6. The van der Waals surface area contributed by atoms with Crippen molar-refractivity contribution >= 4 is 22.1 Å². The number of aromatic amines is 1. The molecule has 42 heavy (non-hydrogen) atoms. The van der Waals surface area contributed by atoms with Crippen LogP contribution >= 0.6 is 0 Å². The first-order valence-electron chi connectivity index (χ1n) is 14.9. The molecule has 8 nitrogen and oxygen atoms in total. The summed E-state index contributed by atoms with van der Waals surface area (Å²) in [5.74, 6) is 0.943. The van der Waals surface area contributed by atoms with Gasteiger partial charge in [-0.3, -0.25) is 4.79 Å². The second-order valence-corrected chi connectivity index (χ2v) is 11.3. The predicted molar refractivity (Wildman–Crippen MR) is 167 cm³/mol. The summed E-state index contributed by atoms with van der Waals surface area (Å²) in [4.78, 5) is 32.8. The fourth-order valence-electron chi connectivity index (χ4n) is 6.13. The average Bonchev–Trinajstić information content (AvgIpc) is 3.65. The second-order valence-electron chi connectivity index (χ2n) is 11.3. The van der Waals surface area contributed by atoms with Gasteiger partial charge in [0.25, 0.3) is 5.56 Å². The first-order chi connectivity index (χ1) is 20.7. The lowest BCUT2D eigenvalue weighted by Gasteiger charge is -2.26. The van der Waals surface area contributed by atoms with Gasteiger partial charge in [0.15, 0.2) is 0 Å². The summed E-state index contributed by atoms with van der Waals surface area (Å²) >= 11 is 0. The Morgan fingerprint density at radius 1 is 0.833 bits per heavy atom. The number of hydrogen-bond donors (Lipinski definition) is 1. The molecule has 0 unspecified atom stereocenters. The molecule has 3 aromatic heterocycles. The Morgan fingerprint density at radius 2 is 1.69 bits per heavy atom. The average molecular weight is 558 g/mol. The highest BCUT2D eigenvalue weighted by Gasteiger charge is 2.17. The number of likely N-dealkylation sites (tertiary alicyclic amines) is 1. The van der Waals surface area contributed by atoms with Gasteiger partial charge in [-0.15, -0.1) is 0 Å². The lowest BCUT2D eigenvalue weighted by atomic mass is 10.1. The van der Waals surface area contributed by atoms with E-state index in [-0.39, 0.29) is 5.56 Å². The molecule has 1 aliphatic rings. The van der Waals surface area contributed by atoms with Crippen molar-refractivity contribution in [1.29, 1.82) is 0 Å². The molecule has 0 amide bonds. The molecule has 212 valence electrons. The van der Waals surface area contributed by atoms with Crippen molar-refractivity contribution < 1.29 is 0 Å². The molecule has 7 rings (SSSR count). The Balaban J connectivity index is 1.28. The predicted octanol–water partition coefficient (Wildman–Crippen LogP) is 5.65. The van der Waals surface area contributed by atoms with Gasteiger partial charge in [0, 0.05) is 37.5 Å². The van der Waals surface area contributed by atoms with Crippen molar-refractivity contribution in [2.75, 3.05) is 19.6 Å². The van der Waals surface area contributed by atoms with Crippen LogP contribution in [0, 0.1) is 0 Å². The van der Waals surface area contributed by atoms with Gasteiger partial charge in [-0.1, -0.05) is 55.0 Å². The molecule has 3 aromatic carbocycles. The van der Waals surface area contributed by atoms with Crippen molar-refractivity contribution in [3.8, 4) is 11.4 Å². The summed E-state index contributed by atoms with van der Waals surface area (Å²) in [5, 5.41) is 0. The van der Waals surface area contributed by atoms with Crippen LogP contribution in [0.5, 0.6) is 0 Å². The molecule has 1 saturated heterocycles. The Hall–Kier alpha value is -4.56. The zero-order chi connectivity index (χ0) is 28.3. The summed E-state index contributed by atoms with van der Waals surface area (Å²) in [6.45, 7) is 5.09. The topological polar surface area (TPSA) is 84.6 Å². The van der Waals surface area contributed by atoms with Crippen LogP contribution in [-0.4, -0.2) is 53.6 Å². The third-order valence-electron chi connectivity index (χ3n) is 8.26. The summed E-state index contributed by atoms with van der Waals surface area (Å²) in [6, 6.07) is 22.7. The van der Waals surface area contributed by atoms with Crippen LogP contribution in [0.4, 0.5) is 0 Å². The number of H-pyrrole nitrogens is 1. The molecule has 0 radical (unpaired) electrons. The lowest BCUT2D eigenvalue weighted by Crippen LogP contribution is -2.31. The largest absolute Gasteiger partial charge is 0.333 e. The van der Waals surface area contributed by atoms with Crippen LogP contribution in [0.15, 0.2) is 90.2 Å². The monoisotopic (exact) mass is 557 g/mol. The Morgan fingerprint density at radius 3 is 2.52 bits per heavy atom. The van der Waals surface area contributed by atoms with Crippen molar-refractivity contribution in [2.45, 2.75) is 45.2 Å². The van der Waals surface area contributed by atoms with Crippen LogP contribution < -0.4 is 5.56 Å². The molecular formula is C34H35N7O. The van der Waals surface area contributed by atoms with E-state index in [4.69, 9.17) is 9.97 Å². The molecular weight excluding hydrogens is 522 g/mol. The number of imidazole rings is 2. The highest BCUT2D eigenvalue weighted by molar-refractivity contribution is 5.93. The standard InChI is InChI=1S/C34H35N7O/c42-34-31(20-25-9-3-1-4-10-25)36-29-22-32-30(21-28(29)38-34)37-33(41(32)17-8-16-39-14-5-2-6-15-39)27-12-7-11-26(19-27)23-40-18-13-35-24-40/h1,3-4,7,9-13,18-19,21-22,24H,2,5-6,8,14-17,20,23H2,(H,38,42). The number of nitrogens with one attached hydrogen (secondary N) is 1. The van der Waals surface area contributed by atoms with Gasteiger partial charge < -0.3 is 19.0 Å². The number of hydrogen-bond acceptors (Lipinski definition) is 5. The summed E-state index contributed by atoms with van der Waals surface area (Å²) in [6.07, 6.45) is 11.1. The minimum atomic E-state index is -0.154. The molecule has 0 spiro atoms. The van der Waals surface area contributed by atoms with Crippen molar-refractivity contribution in [3.63, 3.8) is 0 Å². The van der Waals surface area contributed by atoms with Crippen LogP contribution in [0.25, 0.3) is 33.5 Å². The number of aryl methyl sites for hydroxylation is 1. The number of fused-ring (bicyclic) bond motifs is 2. The first-order valence-corrected chi connectivity index (χ1v) is 14.9. The smallest absolute Gasteiger partial charge is 0.270 e. The third-order valence-corrected chi connectivity index (χ3v) is 8.26. The maximum atomic E-state index is 13.0. The molecule has 0 bridgehead atoms. The number of rotatable bonds is 9. The maximum absolute atomic E-state index is 13.0. The number of piperidine rings is 1. The van der Waals surface area contributed by atoms with Gasteiger partial charge in [-0.05, 0) is 68.2 Å². The second kappa shape index (κ2) is 11.7. The number of benzene rings is 3. The summed E-state index contributed by atoms with van der Waals surface area (Å²) in [7, 11) is 0. The van der Waals surface area contributed by atoms with Crippen molar-refractivity contribution in [2.24, 2.45) is 0 Å².